The van der Waals surface area contributed by atoms with E-state index in [1.165, 1.54) is 11.3 Å². The first-order valence-corrected chi connectivity index (χ1v) is 6.00. The Balaban J connectivity index is 2.26. The zero-order valence-corrected chi connectivity index (χ0v) is 10.2. The first-order valence-electron chi connectivity index (χ1n) is 4.37. The van der Waals surface area contributed by atoms with Gasteiger partial charge in [-0.2, -0.15) is 0 Å². The smallest absolute Gasteiger partial charge is 0.223 e. The predicted molar refractivity (Wildman–Crippen MR) is 60.3 cm³/mol. The number of nitrogens with zero attached hydrogens (tertiary/aromatic N) is 4. The highest BCUT2D eigenvalue weighted by atomic mass is 32.2. The van der Waals surface area contributed by atoms with E-state index in [0.717, 1.165) is 23.0 Å². The minimum atomic E-state index is -0.461. The Morgan fingerprint density at radius 2 is 2.25 bits per heavy atom. The average molecular weight is 257 g/mol. The Morgan fingerprint density at radius 3 is 2.88 bits per heavy atom. The molecule has 2 aromatic rings. The van der Waals surface area contributed by atoms with Gasteiger partial charge in [-0.15, -0.1) is 10.2 Å². The second-order valence-corrected chi connectivity index (χ2v) is 5.20. The fourth-order valence-corrected chi connectivity index (χ4v) is 2.66. The van der Waals surface area contributed by atoms with Crippen molar-refractivity contribution >= 4 is 29.0 Å². The number of hydrogen-bond donors (Lipinski definition) is 1. The summed E-state index contributed by atoms with van der Waals surface area (Å²) in [6.07, 6.45) is 1.13. The molecule has 2 heterocycles. The number of nitrogens with one attached hydrogen (secondary N) is 1. The van der Waals surface area contributed by atoms with Gasteiger partial charge >= 0.3 is 0 Å². The molecule has 5 nitrogen and oxygen atoms in total. The Bertz CT molecular complexity index is 501. The molecule has 0 fully saturated rings. The molecule has 0 aliphatic rings. The summed E-state index contributed by atoms with van der Waals surface area (Å²) in [6, 6.07) is 0. The van der Waals surface area contributed by atoms with Crippen LogP contribution in [0.5, 0.6) is 0 Å². The van der Waals surface area contributed by atoms with Crippen LogP contribution in [-0.4, -0.2) is 27.2 Å². The van der Waals surface area contributed by atoms with Crippen molar-refractivity contribution in [1.29, 1.82) is 0 Å². The van der Waals surface area contributed by atoms with Gasteiger partial charge < -0.3 is 5.32 Å². The Morgan fingerprint density at radius 1 is 1.44 bits per heavy atom. The summed E-state index contributed by atoms with van der Waals surface area (Å²) in [5.41, 5.74) is 0. The molecule has 0 saturated carbocycles. The van der Waals surface area contributed by atoms with Crippen LogP contribution in [0.4, 0.5) is 10.3 Å². The molecule has 0 radical (unpaired) electrons. The number of rotatable bonds is 3. The third-order valence-electron chi connectivity index (χ3n) is 1.63. The molecule has 16 heavy (non-hydrogen) atoms. The summed E-state index contributed by atoms with van der Waals surface area (Å²) in [6.45, 7) is 1.84. The van der Waals surface area contributed by atoms with Crippen LogP contribution in [-0.2, 0) is 0 Å². The Labute approximate surface area is 99.5 Å². The molecule has 84 valence electrons. The lowest BCUT2D eigenvalue weighted by molar-refractivity contribution is 0.580. The van der Waals surface area contributed by atoms with E-state index in [4.69, 9.17) is 0 Å². The van der Waals surface area contributed by atoms with E-state index in [2.05, 4.69) is 25.5 Å². The molecule has 2 aromatic heterocycles. The van der Waals surface area contributed by atoms with Gasteiger partial charge in [0.15, 0.2) is 10.2 Å². The summed E-state index contributed by atoms with van der Waals surface area (Å²) < 4.78 is 14.0. The van der Waals surface area contributed by atoms with Gasteiger partial charge in [0.1, 0.15) is 10.0 Å². The van der Waals surface area contributed by atoms with E-state index in [1.54, 1.807) is 7.05 Å². The first-order chi connectivity index (χ1) is 7.69. The third kappa shape index (κ3) is 2.45. The summed E-state index contributed by atoms with van der Waals surface area (Å²) in [7, 11) is 1.68. The van der Waals surface area contributed by atoms with Gasteiger partial charge in [0.05, 0.1) is 6.20 Å². The molecule has 0 bridgehead atoms. The first kappa shape index (κ1) is 11.2. The zero-order chi connectivity index (χ0) is 11.5. The SMILES string of the molecule is CNc1ncc(F)c(Sc2nnc(C)s2)n1. The molecule has 0 aliphatic heterocycles. The van der Waals surface area contributed by atoms with E-state index in [-0.39, 0.29) is 5.03 Å². The maximum Gasteiger partial charge on any atom is 0.223 e. The second-order valence-electron chi connectivity index (χ2n) is 2.79. The van der Waals surface area contributed by atoms with Crippen LogP contribution in [0.1, 0.15) is 5.01 Å². The standard InChI is InChI=1S/C8H8FN5S2/c1-4-13-14-8(15-4)16-6-5(9)3-11-7(10-2)12-6/h3H,1-2H3,(H,10,11,12). The Kier molecular flexibility index (Phi) is 3.30. The fraction of sp³-hybridized carbons (Fsp3) is 0.250. The van der Waals surface area contributed by atoms with Gasteiger partial charge in [-0.05, 0) is 18.7 Å². The summed E-state index contributed by atoms with van der Waals surface area (Å²) in [5, 5.41) is 11.6. The van der Waals surface area contributed by atoms with E-state index in [0.29, 0.717) is 10.3 Å². The van der Waals surface area contributed by atoms with Crippen molar-refractivity contribution in [3.8, 4) is 0 Å². The van der Waals surface area contributed by atoms with Crippen molar-refractivity contribution in [3.05, 3.63) is 17.0 Å². The maximum absolute atomic E-state index is 13.4. The highest BCUT2D eigenvalue weighted by Crippen LogP contribution is 2.30. The quantitative estimate of drug-likeness (QED) is 0.848. The van der Waals surface area contributed by atoms with Crippen LogP contribution in [0, 0.1) is 12.7 Å². The van der Waals surface area contributed by atoms with Crippen molar-refractivity contribution in [1.82, 2.24) is 20.2 Å². The molecule has 0 spiro atoms. The molecule has 0 atom stereocenters. The largest absolute Gasteiger partial charge is 0.357 e. The van der Waals surface area contributed by atoms with Crippen molar-refractivity contribution in [2.75, 3.05) is 12.4 Å². The maximum atomic E-state index is 13.4. The highest BCUT2D eigenvalue weighted by Gasteiger charge is 2.11. The molecular weight excluding hydrogens is 249 g/mol. The molecule has 2 rings (SSSR count). The molecule has 0 unspecified atom stereocenters. The minimum Gasteiger partial charge on any atom is -0.357 e. The monoisotopic (exact) mass is 257 g/mol. The van der Waals surface area contributed by atoms with E-state index >= 15 is 0 Å². The summed E-state index contributed by atoms with van der Waals surface area (Å²) >= 11 is 2.54. The van der Waals surface area contributed by atoms with Crippen molar-refractivity contribution in [2.24, 2.45) is 0 Å². The Hall–Kier alpha value is -1.28. The summed E-state index contributed by atoms with van der Waals surface area (Å²) in [4.78, 5) is 7.76. The van der Waals surface area contributed by atoms with E-state index in [1.807, 2.05) is 6.92 Å². The lowest BCUT2D eigenvalue weighted by atomic mass is 10.6. The minimum absolute atomic E-state index is 0.246. The van der Waals surface area contributed by atoms with Crippen molar-refractivity contribution in [3.63, 3.8) is 0 Å². The van der Waals surface area contributed by atoms with E-state index < -0.39 is 5.82 Å². The number of halogens is 1. The number of aromatic nitrogens is 4. The van der Waals surface area contributed by atoms with Gasteiger partial charge in [0.25, 0.3) is 0 Å². The molecule has 0 amide bonds. The van der Waals surface area contributed by atoms with Crippen LogP contribution in [0.15, 0.2) is 15.6 Å². The lowest BCUT2D eigenvalue weighted by Crippen LogP contribution is -1.98. The number of aryl methyl sites for hydroxylation is 1. The highest BCUT2D eigenvalue weighted by molar-refractivity contribution is 8.01. The lowest BCUT2D eigenvalue weighted by Gasteiger charge is -2.01. The van der Waals surface area contributed by atoms with E-state index in [9.17, 15) is 4.39 Å². The van der Waals surface area contributed by atoms with Crippen LogP contribution in [0.2, 0.25) is 0 Å². The predicted octanol–water partition coefficient (Wildman–Crippen LogP) is 1.97. The second kappa shape index (κ2) is 4.71. The summed E-state index contributed by atoms with van der Waals surface area (Å²) in [5.74, 6) is -0.0815. The van der Waals surface area contributed by atoms with Crippen molar-refractivity contribution < 1.29 is 4.39 Å². The van der Waals surface area contributed by atoms with Crippen molar-refractivity contribution in [2.45, 2.75) is 16.3 Å². The van der Waals surface area contributed by atoms with Crippen LogP contribution < -0.4 is 5.32 Å². The topological polar surface area (TPSA) is 63.6 Å². The normalized spacial score (nSPS) is 10.4. The van der Waals surface area contributed by atoms with Crippen LogP contribution in [0.3, 0.4) is 0 Å². The van der Waals surface area contributed by atoms with Gasteiger partial charge in [0.2, 0.25) is 5.95 Å². The van der Waals surface area contributed by atoms with Gasteiger partial charge in [-0.25, -0.2) is 14.4 Å². The number of anilines is 1. The zero-order valence-electron chi connectivity index (χ0n) is 8.56. The van der Waals surface area contributed by atoms with Crippen LogP contribution in [0.25, 0.3) is 0 Å². The third-order valence-corrected chi connectivity index (χ3v) is 3.50. The molecule has 0 aromatic carbocycles. The molecule has 0 saturated heterocycles. The molecule has 0 aliphatic carbocycles. The molecular formula is C8H8FN5S2. The molecule has 1 N–H and O–H groups in total. The average Bonchev–Trinajstić information content (AvgIpc) is 2.67. The number of hydrogen-bond acceptors (Lipinski definition) is 7. The van der Waals surface area contributed by atoms with Crippen LogP contribution >= 0.6 is 23.1 Å². The fourth-order valence-electron chi connectivity index (χ4n) is 0.946. The van der Waals surface area contributed by atoms with Gasteiger partial charge in [0, 0.05) is 7.05 Å². The molecule has 8 heteroatoms. The van der Waals surface area contributed by atoms with Gasteiger partial charge in [-0.3, -0.25) is 0 Å². The van der Waals surface area contributed by atoms with Gasteiger partial charge in [-0.1, -0.05) is 11.3 Å².